The van der Waals surface area contributed by atoms with Crippen LogP contribution in [0.3, 0.4) is 0 Å². The van der Waals surface area contributed by atoms with Gasteiger partial charge in [0.15, 0.2) is 6.29 Å². The summed E-state index contributed by atoms with van der Waals surface area (Å²) < 4.78 is 17.3. The van der Waals surface area contributed by atoms with Crippen molar-refractivity contribution in [3.63, 3.8) is 0 Å². The van der Waals surface area contributed by atoms with Crippen molar-refractivity contribution in [2.75, 3.05) is 6.61 Å². The first-order valence-electron chi connectivity index (χ1n) is 6.42. The van der Waals surface area contributed by atoms with Crippen molar-refractivity contribution in [1.29, 1.82) is 0 Å². The van der Waals surface area contributed by atoms with E-state index >= 15 is 0 Å². The predicted octanol–water partition coefficient (Wildman–Crippen LogP) is 2.52. The summed E-state index contributed by atoms with van der Waals surface area (Å²) in [4.78, 5) is 0. The molecule has 0 unspecified atom stereocenters. The summed E-state index contributed by atoms with van der Waals surface area (Å²) in [5.41, 5.74) is 1.17. The van der Waals surface area contributed by atoms with Gasteiger partial charge >= 0.3 is 0 Å². The fourth-order valence-electron chi connectivity index (χ4n) is 2.60. The Morgan fingerprint density at radius 1 is 1.33 bits per heavy atom. The fraction of sp³-hybridized carbons (Fsp3) is 0.467. The third kappa shape index (κ3) is 2.34. The molecule has 4 atom stereocenters. The summed E-state index contributed by atoms with van der Waals surface area (Å²) in [5.74, 6) is 0.319. The number of ether oxygens (including phenoxy) is 3. The van der Waals surface area contributed by atoms with E-state index in [2.05, 4.69) is 18.7 Å². The first-order valence-corrected chi connectivity index (χ1v) is 6.42. The van der Waals surface area contributed by atoms with Crippen LogP contribution in [0, 0.1) is 5.92 Å². The van der Waals surface area contributed by atoms with Crippen LogP contribution >= 0.6 is 0 Å². The summed E-state index contributed by atoms with van der Waals surface area (Å²) in [6.07, 6.45) is 2.86. The quantitative estimate of drug-likeness (QED) is 0.764. The van der Waals surface area contributed by atoms with Crippen molar-refractivity contribution >= 4 is 0 Å². The van der Waals surface area contributed by atoms with Crippen LogP contribution in [0.15, 0.2) is 43.0 Å². The fourth-order valence-corrected chi connectivity index (χ4v) is 2.60. The van der Waals surface area contributed by atoms with Gasteiger partial charge in [0, 0.05) is 5.92 Å². The Hall–Kier alpha value is -1.16. The molecule has 2 bridgehead atoms. The molecule has 0 aliphatic carbocycles. The lowest BCUT2D eigenvalue weighted by Gasteiger charge is -2.33. The molecule has 3 nitrogen and oxygen atoms in total. The van der Waals surface area contributed by atoms with Crippen molar-refractivity contribution in [3.05, 3.63) is 48.6 Å². The van der Waals surface area contributed by atoms with Crippen LogP contribution in [-0.4, -0.2) is 25.1 Å². The molecule has 3 heteroatoms. The average Bonchev–Trinajstić information content (AvgIpc) is 2.81. The molecule has 96 valence electrons. The molecule has 0 aromatic heterocycles. The second-order valence-corrected chi connectivity index (χ2v) is 4.86. The maximum atomic E-state index is 5.98. The lowest BCUT2D eigenvalue weighted by atomic mass is 9.93. The summed E-state index contributed by atoms with van der Waals surface area (Å²) in [6, 6.07) is 10.2. The molecule has 0 radical (unpaired) electrons. The molecule has 2 heterocycles. The van der Waals surface area contributed by atoms with Crippen LogP contribution < -0.4 is 0 Å². The molecule has 2 fully saturated rings. The van der Waals surface area contributed by atoms with Gasteiger partial charge in [-0.3, -0.25) is 0 Å². The maximum absolute atomic E-state index is 5.98. The molecule has 2 aliphatic heterocycles. The van der Waals surface area contributed by atoms with Gasteiger partial charge in [-0.2, -0.15) is 0 Å². The molecule has 0 spiro atoms. The topological polar surface area (TPSA) is 27.7 Å². The van der Waals surface area contributed by atoms with Gasteiger partial charge in [-0.25, -0.2) is 0 Å². The Kier molecular flexibility index (Phi) is 3.46. The van der Waals surface area contributed by atoms with Crippen LogP contribution in [0.2, 0.25) is 0 Å². The highest BCUT2D eigenvalue weighted by Gasteiger charge is 2.43. The second kappa shape index (κ2) is 5.22. The molecule has 1 aromatic rings. The first-order chi connectivity index (χ1) is 8.86. The standard InChI is InChI=1S/C15H18O3/c1-2-12-8-13-10-17-15(18-13)14(12)16-9-11-6-4-3-5-7-11/h2-7,12-15H,1,8-10H2/t12-,13-,14-,15+/m0/s1. The van der Waals surface area contributed by atoms with Gasteiger partial charge in [0.2, 0.25) is 0 Å². The Morgan fingerprint density at radius 2 is 2.17 bits per heavy atom. The maximum Gasteiger partial charge on any atom is 0.184 e. The number of hydrogen-bond donors (Lipinski definition) is 0. The average molecular weight is 246 g/mol. The highest BCUT2D eigenvalue weighted by atomic mass is 16.7. The van der Waals surface area contributed by atoms with Gasteiger partial charge in [0.05, 0.1) is 19.3 Å². The van der Waals surface area contributed by atoms with Crippen LogP contribution in [-0.2, 0) is 20.8 Å². The van der Waals surface area contributed by atoms with Crippen molar-refractivity contribution < 1.29 is 14.2 Å². The third-order valence-corrected chi connectivity index (χ3v) is 3.59. The monoisotopic (exact) mass is 246 g/mol. The summed E-state index contributed by atoms with van der Waals surface area (Å²) in [7, 11) is 0. The minimum absolute atomic E-state index is 0.0403. The van der Waals surface area contributed by atoms with Gasteiger partial charge in [-0.05, 0) is 12.0 Å². The Bertz CT molecular complexity index is 403. The molecule has 0 amide bonds. The van der Waals surface area contributed by atoms with Crippen molar-refractivity contribution in [1.82, 2.24) is 0 Å². The highest BCUT2D eigenvalue weighted by Crippen LogP contribution is 2.34. The van der Waals surface area contributed by atoms with Gasteiger partial charge in [0.1, 0.15) is 6.10 Å². The first kappa shape index (κ1) is 11.9. The third-order valence-electron chi connectivity index (χ3n) is 3.59. The van der Waals surface area contributed by atoms with E-state index in [4.69, 9.17) is 14.2 Å². The lowest BCUT2D eigenvalue weighted by molar-refractivity contribution is -0.191. The molecule has 1 aromatic carbocycles. The smallest absolute Gasteiger partial charge is 0.184 e. The number of rotatable bonds is 4. The molecule has 2 aliphatic rings. The number of hydrogen-bond acceptors (Lipinski definition) is 3. The predicted molar refractivity (Wildman–Crippen MR) is 67.9 cm³/mol. The van der Waals surface area contributed by atoms with Crippen LogP contribution in [0.1, 0.15) is 12.0 Å². The van der Waals surface area contributed by atoms with E-state index in [1.54, 1.807) is 0 Å². The van der Waals surface area contributed by atoms with Crippen LogP contribution in [0.4, 0.5) is 0 Å². The molecule has 0 saturated carbocycles. The van der Waals surface area contributed by atoms with E-state index in [1.165, 1.54) is 5.56 Å². The van der Waals surface area contributed by atoms with E-state index in [0.717, 1.165) is 6.42 Å². The van der Waals surface area contributed by atoms with Gasteiger partial charge < -0.3 is 14.2 Å². The summed E-state index contributed by atoms with van der Waals surface area (Å²) in [5, 5.41) is 0. The highest BCUT2D eigenvalue weighted by molar-refractivity contribution is 5.13. The zero-order chi connectivity index (χ0) is 12.4. The van der Waals surface area contributed by atoms with Crippen molar-refractivity contribution in [2.24, 2.45) is 5.92 Å². The molecular weight excluding hydrogens is 228 g/mol. The molecular formula is C15H18O3. The Labute approximate surface area is 107 Å². The molecule has 0 N–H and O–H groups in total. The van der Waals surface area contributed by atoms with Crippen LogP contribution in [0.25, 0.3) is 0 Å². The molecule has 3 rings (SSSR count). The zero-order valence-electron chi connectivity index (χ0n) is 10.3. The SMILES string of the molecule is C=C[C@H]1C[C@H]2CO[C@H](O2)[C@H]1OCc1ccccc1. The summed E-state index contributed by atoms with van der Waals surface area (Å²) >= 11 is 0. The zero-order valence-corrected chi connectivity index (χ0v) is 10.3. The van der Waals surface area contributed by atoms with E-state index in [9.17, 15) is 0 Å². The summed E-state index contributed by atoms with van der Waals surface area (Å²) in [6.45, 7) is 5.16. The van der Waals surface area contributed by atoms with Gasteiger partial charge in [-0.1, -0.05) is 36.4 Å². The van der Waals surface area contributed by atoms with E-state index in [-0.39, 0.29) is 18.5 Å². The number of benzene rings is 1. The Morgan fingerprint density at radius 3 is 2.94 bits per heavy atom. The van der Waals surface area contributed by atoms with Gasteiger partial charge in [-0.15, -0.1) is 6.58 Å². The van der Waals surface area contributed by atoms with Crippen molar-refractivity contribution in [2.45, 2.75) is 31.5 Å². The van der Waals surface area contributed by atoms with Crippen LogP contribution in [0.5, 0.6) is 0 Å². The Balaban J connectivity index is 1.65. The van der Waals surface area contributed by atoms with E-state index < -0.39 is 0 Å². The van der Waals surface area contributed by atoms with Gasteiger partial charge in [0.25, 0.3) is 0 Å². The minimum atomic E-state index is -0.226. The van der Waals surface area contributed by atoms with E-state index in [0.29, 0.717) is 19.1 Å². The van der Waals surface area contributed by atoms with E-state index in [1.807, 2.05) is 24.3 Å². The lowest BCUT2D eigenvalue weighted by Crippen LogP contribution is -2.41. The second-order valence-electron chi connectivity index (χ2n) is 4.86. The normalized spacial score (nSPS) is 34.4. The molecule has 18 heavy (non-hydrogen) atoms. The van der Waals surface area contributed by atoms with Crippen molar-refractivity contribution in [3.8, 4) is 0 Å². The minimum Gasteiger partial charge on any atom is -0.368 e. The number of fused-ring (bicyclic) bond motifs is 2. The largest absolute Gasteiger partial charge is 0.368 e. The molecule has 2 saturated heterocycles.